The summed E-state index contributed by atoms with van der Waals surface area (Å²) in [6.45, 7) is 6.17. The van der Waals surface area contributed by atoms with E-state index in [0.717, 1.165) is 98.8 Å². The van der Waals surface area contributed by atoms with E-state index in [-0.39, 0.29) is 0 Å². The van der Waals surface area contributed by atoms with Crippen molar-refractivity contribution in [2.45, 2.75) is 49.8 Å². The Morgan fingerprint density at radius 1 is 1.00 bits per heavy atom. The summed E-state index contributed by atoms with van der Waals surface area (Å²) in [6.07, 6.45) is 5.83. The number of rotatable bonds is 10. The van der Waals surface area contributed by atoms with Gasteiger partial charge in [-0.1, -0.05) is 18.9 Å². The van der Waals surface area contributed by atoms with Gasteiger partial charge in [0.1, 0.15) is 0 Å². The molecule has 4 rings (SSSR count). The molecule has 33 heavy (non-hydrogen) atoms. The average Bonchev–Trinajstić information content (AvgIpc) is 3.25. The number of nitrogens with one attached hydrogen (secondary N) is 1. The maximum Gasteiger partial charge on any atom is 0.416 e. The second-order valence-electron chi connectivity index (χ2n) is 8.43. The van der Waals surface area contributed by atoms with Gasteiger partial charge in [-0.15, -0.1) is 11.8 Å². The Kier molecular flexibility index (Phi) is 8.27. The van der Waals surface area contributed by atoms with Gasteiger partial charge >= 0.3 is 6.18 Å². The maximum atomic E-state index is 12.9. The van der Waals surface area contributed by atoms with E-state index in [4.69, 9.17) is 0 Å². The summed E-state index contributed by atoms with van der Waals surface area (Å²) in [7, 11) is 0. The summed E-state index contributed by atoms with van der Waals surface area (Å²) in [4.78, 5) is 12.1. The predicted octanol–water partition coefficient (Wildman–Crippen LogP) is 5.21. The summed E-state index contributed by atoms with van der Waals surface area (Å²) < 4.78 is 41.0. The zero-order chi connectivity index (χ0) is 23.1. The van der Waals surface area contributed by atoms with E-state index in [1.807, 2.05) is 12.4 Å². The van der Waals surface area contributed by atoms with Gasteiger partial charge in [0, 0.05) is 61.9 Å². The number of imidazole rings is 1. The Morgan fingerprint density at radius 3 is 2.64 bits per heavy atom. The van der Waals surface area contributed by atoms with Gasteiger partial charge in [-0.3, -0.25) is 9.88 Å². The number of benzene rings is 1. The lowest BCUT2D eigenvalue weighted by Crippen LogP contribution is -2.42. The normalized spacial score (nSPS) is 15.4. The number of hydrogen-bond donors (Lipinski definition) is 1. The topological polar surface area (TPSA) is 46.0 Å². The third-order valence-corrected chi connectivity index (χ3v) is 7.04. The van der Waals surface area contributed by atoms with E-state index >= 15 is 0 Å². The lowest BCUT2D eigenvalue weighted by molar-refractivity contribution is -0.137. The molecule has 2 aromatic heterocycles. The number of hydrogen-bond acceptors (Lipinski definition) is 5. The Bertz CT molecular complexity index is 1030. The molecule has 0 bridgehead atoms. The molecular weight excluding hydrogens is 447 g/mol. The SMILES string of the molecule is FC(F)(F)c1ccc2c(SCCCCCCn3cnc(CN4CCNCC4)c3)ccnc2c1. The highest BCUT2D eigenvalue weighted by molar-refractivity contribution is 7.99. The summed E-state index contributed by atoms with van der Waals surface area (Å²) in [5, 5.41) is 4.15. The van der Waals surface area contributed by atoms with Gasteiger partial charge in [-0.05, 0) is 36.8 Å². The van der Waals surface area contributed by atoms with Crippen LogP contribution >= 0.6 is 11.8 Å². The van der Waals surface area contributed by atoms with Crippen LogP contribution < -0.4 is 5.32 Å². The quantitative estimate of drug-likeness (QED) is 0.321. The molecule has 1 aromatic carbocycles. The molecule has 1 aliphatic rings. The average molecular weight is 478 g/mol. The Balaban J connectivity index is 1.15. The molecular formula is C24H30F3N5S. The van der Waals surface area contributed by atoms with Gasteiger partial charge in [0.25, 0.3) is 0 Å². The zero-order valence-electron chi connectivity index (χ0n) is 18.7. The third-order valence-electron chi connectivity index (χ3n) is 5.88. The van der Waals surface area contributed by atoms with Crippen LogP contribution in [0, 0.1) is 0 Å². The highest BCUT2D eigenvalue weighted by atomic mass is 32.2. The van der Waals surface area contributed by atoms with Crippen LogP contribution in [0.3, 0.4) is 0 Å². The molecule has 0 aliphatic carbocycles. The van der Waals surface area contributed by atoms with Crippen LogP contribution in [0.15, 0.2) is 47.9 Å². The van der Waals surface area contributed by atoms with Crippen molar-refractivity contribution in [1.29, 1.82) is 0 Å². The molecule has 1 fully saturated rings. The highest BCUT2D eigenvalue weighted by Crippen LogP contribution is 2.34. The molecule has 178 valence electrons. The van der Waals surface area contributed by atoms with Crippen LogP contribution in [0.5, 0.6) is 0 Å². The molecule has 0 unspecified atom stereocenters. The predicted molar refractivity (Wildman–Crippen MR) is 126 cm³/mol. The maximum absolute atomic E-state index is 12.9. The summed E-state index contributed by atoms with van der Waals surface area (Å²) >= 11 is 1.69. The van der Waals surface area contributed by atoms with Crippen molar-refractivity contribution in [3.05, 3.63) is 54.2 Å². The molecule has 1 N–H and O–H groups in total. The Labute approximate surface area is 196 Å². The van der Waals surface area contributed by atoms with E-state index in [9.17, 15) is 13.2 Å². The third kappa shape index (κ3) is 6.94. The van der Waals surface area contributed by atoms with E-state index in [2.05, 4.69) is 30.9 Å². The number of thioether (sulfide) groups is 1. The fourth-order valence-corrected chi connectivity index (χ4v) is 5.12. The standard InChI is InChI=1S/C24H30F3N5S/c25-24(26,27)19-5-6-21-22(15-19)29-8-7-23(21)33-14-4-2-1-3-11-32-17-20(30-18-32)16-31-12-9-28-10-13-31/h5-8,15,17-18,28H,1-4,9-14,16H2. The van der Waals surface area contributed by atoms with Crippen LogP contribution in [-0.2, 0) is 19.3 Å². The number of piperazine rings is 1. The van der Waals surface area contributed by atoms with Gasteiger partial charge in [-0.2, -0.15) is 13.2 Å². The van der Waals surface area contributed by atoms with Crippen LogP contribution in [0.2, 0.25) is 0 Å². The van der Waals surface area contributed by atoms with E-state index < -0.39 is 11.7 Å². The molecule has 3 heterocycles. The molecule has 0 spiro atoms. The minimum absolute atomic E-state index is 0.395. The summed E-state index contributed by atoms with van der Waals surface area (Å²) in [5.41, 5.74) is 0.880. The largest absolute Gasteiger partial charge is 0.416 e. The van der Waals surface area contributed by atoms with Gasteiger partial charge in [0.15, 0.2) is 0 Å². The van der Waals surface area contributed by atoms with Gasteiger partial charge in [0.2, 0.25) is 0 Å². The summed E-state index contributed by atoms with van der Waals surface area (Å²) in [6, 6.07) is 5.69. The summed E-state index contributed by atoms with van der Waals surface area (Å²) in [5.74, 6) is 0.944. The molecule has 0 amide bonds. The minimum atomic E-state index is -4.34. The van der Waals surface area contributed by atoms with Crippen LogP contribution in [-0.4, -0.2) is 51.4 Å². The monoisotopic (exact) mass is 477 g/mol. The number of halogens is 3. The molecule has 0 atom stereocenters. The minimum Gasteiger partial charge on any atom is -0.337 e. The fraction of sp³-hybridized carbons (Fsp3) is 0.500. The van der Waals surface area contributed by atoms with Crippen molar-refractivity contribution in [2.75, 3.05) is 31.9 Å². The Morgan fingerprint density at radius 2 is 1.82 bits per heavy atom. The van der Waals surface area contributed by atoms with Crippen molar-refractivity contribution in [1.82, 2.24) is 24.8 Å². The molecule has 0 radical (unpaired) electrons. The lowest BCUT2D eigenvalue weighted by Gasteiger charge is -2.26. The van der Waals surface area contributed by atoms with Gasteiger partial charge in [-0.25, -0.2) is 4.98 Å². The van der Waals surface area contributed by atoms with Crippen molar-refractivity contribution in [3.63, 3.8) is 0 Å². The number of pyridine rings is 1. The molecule has 5 nitrogen and oxygen atoms in total. The van der Waals surface area contributed by atoms with E-state index in [0.29, 0.717) is 5.52 Å². The molecule has 1 saturated heterocycles. The first-order chi connectivity index (χ1) is 16.0. The van der Waals surface area contributed by atoms with Crippen molar-refractivity contribution in [3.8, 4) is 0 Å². The number of fused-ring (bicyclic) bond motifs is 1. The van der Waals surface area contributed by atoms with E-state index in [1.54, 1.807) is 18.0 Å². The first-order valence-electron chi connectivity index (χ1n) is 11.5. The van der Waals surface area contributed by atoms with Crippen molar-refractivity contribution < 1.29 is 13.2 Å². The molecule has 1 aliphatic heterocycles. The number of unbranched alkanes of at least 4 members (excludes halogenated alkanes) is 3. The second kappa shape index (κ2) is 11.4. The smallest absolute Gasteiger partial charge is 0.337 e. The fourth-order valence-electron chi connectivity index (χ4n) is 4.06. The van der Waals surface area contributed by atoms with Gasteiger partial charge < -0.3 is 9.88 Å². The van der Waals surface area contributed by atoms with Crippen molar-refractivity contribution in [2.24, 2.45) is 0 Å². The highest BCUT2D eigenvalue weighted by Gasteiger charge is 2.30. The number of aryl methyl sites for hydroxylation is 1. The van der Waals surface area contributed by atoms with E-state index in [1.165, 1.54) is 6.07 Å². The van der Waals surface area contributed by atoms with Crippen LogP contribution in [0.25, 0.3) is 10.9 Å². The Hall–Kier alpha value is -2.10. The number of aromatic nitrogens is 3. The van der Waals surface area contributed by atoms with Crippen molar-refractivity contribution >= 4 is 22.7 Å². The first-order valence-corrected chi connectivity index (χ1v) is 12.5. The van der Waals surface area contributed by atoms with Gasteiger partial charge in [0.05, 0.1) is 23.1 Å². The molecule has 9 heteroatoms. The first kappa shape index (κ1) is 24.0. The molecule has 0 saturated carbocycles. The van der Waals surface area contributed by atoms with Crippen LogP contribution in [0.4, 0.5) is 13.2 Å². The van der Waals surface area contributed by atoms with Crippen LogP contribution in [0.1, 0.15) is 36.9 Å². The number of nitrogens with zero attached hydrogens (tertiary/aromatic N) is 4. The number of alkyl halides is 3. The lowest BCUT2D eigenvalue weighted by atomic mass is 10.1. The molecule has 3 aromatic rings. The zero-order valence-corrected chi connectivity index (χ0v) is 19.5. The second-order valence-corrected chi connectivity index (χ2v) is 9.57.